The molecule has 2 aromatic heterocycles. The van der Waals surface area contributed by atoms with Crippen LogP contribution in [-0.2, 0) is 15.9 Å². The molecule has 0 unspecified atom stereocenters. The Kier molecular flexibility index (Phi) is 5.55. The summed E-state index contributed by atoms with van der Waals surface area (Å²) in [5, 5.41) is 0. The van der Waals surface area contributed by atoms with Crippen LogP contribution in [0.5, 0.6) is 0 Å². The molecule has 0 bridgehead atoms. The lowest BCUT2D eigenvalue weighted by Crippen LogP contribution is -2.54. The molecule has 2 aromatic rings. The molecule has 0 spiro atoms. The van der Waals surface area contributed by atoms with Crippen LogP contribution < -0.4 is 9.80 Å². The van der Waals surface area contributed by atoms with Gasteiger partial charge in [-0.2, -0.15) is 9.36 Å². The van der Waals surface area contributed by atoms with Crippen LogP contribution in [0.2, 0.25) is 0 Å². The van der Waals surface area contributed by atoms with E-state index in [4.69, 9.17) is 19.4 Å². The Morgan fingerprint density at radius 3 is 2.83 bits per heavy atom. The fourth-order valence-electron chi connectivity index (χ4n) is 4.01. The Bertz CT molecular complexity index is 941. The number of hydrogen-bond donors (Lipinski definition) is 0. The van der Waals surface area contributed by atoms with Crippen molar-refractivity contribution in [2.75, 3.05) is 48.9 Å². The molecule has 0 aromatic carbocycles. The van der Waals surface area contributed by atoms with Gasteiger partial charge in [-0.3, -0.25) is 0 Å². The molecule has 3 aliphatic heterocycles. The third-order valence-corrected chi connectivity index (χ3v) is 7.77. The first-order valence-corrected chi connectivity index (χ1v) is 12.1. The van der Waals surface area contributed by atoms with Gasteiger partial charge in [0.2, 0.25) is 5.95 Å². The monoisotopic (exact) mass is 447 g/mol. The van der Waals surface area contributed by atoms with Gasteiger partial charge < -0.3 is 19.3 Å². The molecule has 0 saturated carbocycles. The van der Waals surface area contributed by atoms with E-state index in [2.05, 4.69) is 21.2 Å². The molecule has 0 atom stereocenters. The molecule has 2 fully saturated rings. The number of rotatable bonds is 5. The zero-order valence-electron chi connectivity index (χ0n) is 17.2. The first kappa shape index (κ1) is 20.0. The number of ether oxygens (including phenoxy) is 2. The summed E-state index contributed by atoms with van der Waals surface area (Å²) in [6.45, 7) is 4.73. The maximum atomic E-state index is 12.3. The van der Waals surface area contributed by atoms with Crippen molar-refractivity contribution in [2.45, 2.75) is 43.2 Å². The molecule has 0 amide bonds. The number of carbonyl (C=O) groups excluding carboxylic acids is 1. The number of esters is 1. The summed E-state index contributed by atoms with van der Waals surface area (Å²) in [4.78, 5) is 28.2. The standard InChI is InChI=1S/C20H25N5O3S2/c1-12-9-16(30-23-12)19(26)28-14-10-25(11-14)20-21-15-5-8-29-17(15)18(22-20)24(2)13-3-6-27-7-4-13/h9,13-14H,3-8,10-11H2,1-2H3. The van der Waals surface area contributed by atoms with Gasteiger partial charge in [-0.1, -0.05) is 0 Å². The van der Waals surface area contributed by atoms with E-state index in [0.717, 1.165) is 61.4 Å². The van der Waals surface area contributed by atoms with Crippen molar-refractivity contribution in [1.29, 1.82) is 0 Å². The minimum atomic E-state index is -0.295. The van der Waals surface area contributed by atoms with E-state index in [1.807, 2.05) is 18.7 Å². The van der Waals surface area contributed by atoms with Gasteiger partial charge in [0.1, 0.15) is 16.8 Å². The average molecular weight is 448 g/mol. The fraction of sp³-hybridized carbons (Fsp3) is 0.600. The smallest absolute Gasteiger partial charge is 0.350 e. The van der Waals surface area contributed by atoms with Crippen LogP contribution in [0.3, 0.4) is 0 Å². The average Bonchev–Trinajstić information content (AvgIpc) is 3.38. The van der Waals surface area contributed by atoms with E-state index in [0.29, 0.717) is 24.0 Å². The lowest BCUT2D eigenvalue weighted by molar-refractivity contribution is 0.0237. The highest BCUT2D eigenvalue weighted by atomic mass is 32.2. The zero-order valence-corrected chi connectivity index (χ0v) is 18.8. The molecule has 0 aliphatic carbocycles. The van der Waals surface area contributed by atoms with Crippen LogP contribution in [0.25, 0.3) is 0 Å². The van der Waals surface area contributed by atoms with E-state index < -0.39 is 0 Å². The van der Waals surface area contributed by atoms with E-state index in [-0.39, 0.29) is 12.1 Å². The maximum absolute atomic E-state index is 12.3. The van der Waals surface area contributed by atoms with Crippen molar-refractivity contribution in [3.05, 3.63) is 22.3 Å². The Hall–Kier alpha value is -1.91. The van der Waals surface area contributed by atoms with Gasteiger partial charge in [-0.05, 0) is 37.4 Å². The largest absolute Gasteiger partial charge is 0.454 e. The Balaban J connectivity index is 1.28. The normalized spacial score (nSPS) is 19.5. The summed E-state index contributed by atoms with van der Waals surface area (Å²) in [6.07, 6.45) is 2.88. The first-order chi connectivity index (χ1) is 14.6. The van der Waals surface area contributed by atoms with Gasteiger partial charge in [-0.15, -0.1) is 11.8 Å². The van der Waals surface area contributed by atoms with E-state index >= 15 is 0 Å². The van der Waals surface area contributed by atoms with Crippen LogP contribution in [0.15, 0.2) is 11.0 Å². The van der Waals surface area contributed by atoms with Gasteiger partial charge >= 0.3 is 5.97 Å². The summed E-state index contributed by atoms with van der Waals surface area (Å²) in [7, 11) is 2.14. The maximum Gasteiger partial charge on any atom is 0.350 e. The van der Waals surface area contributed by atoms with Crippen molar-refractivity contribution in [1.82, 2.24) is 14.3 Å². The van der Waals surface area contributed by atoms with Crippen molar-refractivity contribution in [2.24, 2.45) is 0 Å². The summed E-state index contributed by atoms with van der Waals surface area (Å²) >= 11 is 3.03. The lowest BCUT2D eigenvalue weighted by atomic mass is 10.1. The van der Waals surface area contributed by atoms with Crippen LogP contribution in [-0.4, -0.2) is 71.6 Å². The summed E-state index contributed by atoms with van der Waals surface area (Å²) < 4.78 is 15.3. The molecule has 5 heterocycles. The molecular formula is C20H25N5O3S2. The minimum absolute atomic E-state index is 0.136. The van der Waals surface area contributed by atoms with Gasteiger partial charge in [-0.25, -0.2) is 9.78 Å². The number of thioether (sulfide) groups is 1. The van der Waals surface area contributed by atoms with Gasteiger partial charge in [0, 0.05) is 38.5 Å². The van der Waals surface area contributed by atoms with Crippen molar-refractivity contribution in [3.8, 4) is 0 Å². The van der Waals surface area contributed by atoms with E-state index in [9.17, 15) is 4.79 Å². The number of nitrogens with zero attached hydrogens (tertiary/aromatic N) is 5. The molecule has 30 heavy (non-hydrogen) atoms. The molecule has 3 aliphatic rings. The molecule has 0 radical (unpaired) electrons. The molecule has 0 N–H and O–H groups in total. The SMILES string of the molecule is Cc1cc(C(=O)OC2CN(c3nc4c(c(N(C)C5CCOCC5)n3)SCC4)C2)sn1. The number of fused-ring (bicyclic) bond motifs is 1. The zero-order chi connectivity index (χ0) is 20.7. The van der Waals surface area contributed by atoms with Crippen molar-refractivity contribution in [3.63, 3.8) is 0 Å². The predicted molar refractivity (Wildman–Crippen MR) is 117 cm³/mol. The number of aryl methyl sites for hydroxylation is 2. The highest BCUT2D eigenvalue weighted by Gasteiger charge is 2.35. The summed E-state index contributed by atoms with van der Waals surface area (Å²) in [5.41, 5.74) is 1.98. The number of hydrogen-bond acceptors (Lipinski definition) is 10. The third kappa shape index (κ3) is 3.88. The van der Waals surface area contributed by atoms with Gasteiger partial charge in [0.15, 0.2) is 0 Å². The number of aromatic nitrogens is 3. The second kappa shape index (κ2) is 8.32. The molecular weight excluding hydrogens is 422 g/mol. The van der Waals surface area contributed by atoms with Gasteiger partial charge in [0.05, 0.1) is 29.4 Å². The Morgan fingerprint density at radius 2 is 2.10 bits per heavy atom. The predicted octanol–water partition coefficient (Wildman–Crippen LogP) is 2.55. The summed E-state index contributed by atoms with van der Waals surface area (Å²) in [6, 6.07) is 2.21. The summed E-state index contributed by atoms with van der Waals surface area (Å²) in [5.74, 6) is 2.53. The van der Waals surface area contributed by atoms with E-state index in [1.54, 1.807) is 6.07 Å². The Morgan fingerprint density at radius 1 is 1.30 bits per heavy atom. The molecule has 160 valence electrons. The molecule has 8 nitrogen and oxygen atoms in total. The third-order valence-electron chi connectivity index (χ3n) is 5.80. The van der Waals surface area contributed by atoms with Crippen LogP contribution in [0, 0.1) is 6.92 Å². The molecule has 5 rings (SSSR count). The van der Waals surface area contributed by atoms with Crippen LogP contribution in [0.4, 0.5) is 11.8 Å². The quantitative estimate of drug-likeness (QED) is 0.642. The highest BCUT2D eigenvalue weighted by molar-refractivity contribution is 7.99. The minimum Gasteiger partial charge on any atom is -0.454 e. The second-order valence-corrected chi connectivity index (χ2v) is 9.85. The highest BCUT2D eigenvalue weighted by Crippen LogP contribution is 2.39. The van der Waals surface area contributed by atoms with Crippen LogP contribution in [0.1, 0.15) is 33.9 Å². The fourth-order valence-corrected chi connectivity index (χ4v) is 5.78. The van der Waals surface area contributed by atoms with E-state index in [1.165, 1.54) is 16.4 Å². The number of anilines is 2. The first-order valence-electron chi connectivity index (χ1n) is 10.3. The van der Waals surface area contributed by atoms with Crippen molar-refractivity contribution < 1.29 is 14.3 Å². The lowest BCUT2D eigenvalue weighted by Gasteiger charge is -2.39. The molecule has 10 heteroatoms. The van der Waals surface area contributed by atoms with Gasteiger partial charge in [0.25, 0.3) is 0 Å². The van der Waals surface area contributed by atoms with Crippen molar-refractivity contribution >= 4 is 41.0 Å². The molecule has 2 saturated heterocycles. The topological polar surface area (TPSA) is 80.7 Å². The number of carbonyl (C=O) groups is 1. The van der Waals surface area contributed by atoms with Crippen LogP contribution >= 0.6 is 23.3 Å². The second-order valence-electron chi connectivity index (χ2n) is 7.94. The Labute approximate surface area is 184 Å².